The highest BCUT2D eigenvalue weighted by Crippen LogP contribution is 2.26. The summed E-state index contributed by atoms with van der Waals surface area (Å²) < 4.78 is 32.3. The molecular weight excluding hydrogens is 412 g/mol. The predicted molar refractivity (Wildman–Crippen MR) is 109 cm³/mol. The second-order valence-corrected chi connectivity index (χ2v) is 9.78. The van der Waals surface area contributed by atoms with Crippen LogP contribution < -0.4 is 5.32 Å². The minimum atomic E-state index is -3.52. The Hall–Kier alpha value is -2.53. The number of sulfonamides is 1. The molecule has 2 aromatic heterocycles. The molecule has 1 aliphatic heterocycles. The summed E-state index contributed by atoms with van der Waals surface area (Å²) in [5.74, 6) is -0.274. The van der Waals surface area contributed by atoms with Gasteiger partial charge in [0.2, 0.25) is 0 Å². The molecular formula is C19H20N4O4S2. The number of hydrogen-bond acceptors (Lipinski definition) is 6. The third-order valence-corrected chi connectivity index (χ3v) is 8.02. The van der Waals surface area contributed by atoms with E-state index in [9.17, 15) is 13.2 Å². The summed E-state index contributed by atoms with van der Waals surface area (Å²) in [4.78, 5) is 13.4. The molecule has 152 valence electrons. The van der Waals surface area contributed by atoms with Gasteiger partial charge in [0.15, 0.2) is 0 Å². The molecule has 4 rings (SSSR count). The van der Waals surface area contributed by atoms with E-state index in [0.717, 1.165) is 21.8 Å². The third-order valence-electron chi connectivity index (χ3n) is 4.57. The average Bonchev–Trinajstić information content (AvgIpc) is 3.43. The number of morpholine rings is 1. The summed E-state index contributed by atoms with van der Waals surface area (Å²) in [5, 5.41) is 9.68. The number of nitrogens with zero attached hydrogens (tertiary/aromatic N) is 2. The lowest BCUT2D eigenvalue weighted by molar-refractivity contribution is 0.0731. The zero-order chi connectivity index (χ0) is 20.3. The lowest BCUT2D eigenvalue weighted by Gasteiger charge is -2.25. The van der Waals surface area contributed by atoms with Crippen LogP contribution in [0.5, 0.6) is 0 Å². The number of rotatable bonds is 6. The van der Waals surface area contributed by atoms with Gasteiger partial charge in [-0.15, -0.1) is 11.3 Å². The molecule has 1 saturated heterocycles. The van der Waals surface area contributed by atoms with Gasteiger partial charge in [-0.1, -0.05) is 30.3 Å². The maximum absolute atomic E-state index is 12.7. The normalized spacial score (nSPS) is 15.3. The van der Waals surface area contributed by atoms with E-state index in [4.69, 9.17) is 4.74 Å². The molecule has 0 spiro atoms. The number of amides is 1. The van der Waals surface area contributed by atoms with Crippen molar-refractivity contribution in [3.63, 3.8) is 0 Å². The number of thiophene rings is 1. The topological polar surface area (TPSA) is 104 Å². The number of H-pyrrole nitrogens is 1. The fourth-order valence-corrected chi connectivity index (χ4v) is 5.91. The molecule has 0 bridgehead atoms. The Kier molecular flexibility index (Phi) is 5.76. The van der Waals surface area contributed by atoms with Crippen molar-refractivity contribution in [2.24, 2.45) is 0 Å². The Balaban J connectivity index is 1.43. The van der Waals surface area contributed by atoms with E-state index in [0.29, 0.717) is 37.6 Å². The first-order valence-electron chi connectivity index (χ1n) is 9.09. The van der Waals surface area contributed by atoms with Crippen LogP contribution >= 0.6 is 11.3 Å². The van der Waals surface area contributed by atoms with E-state index in [1.807, 2.05) is 30.3 Å². The maximum atomic E-state index is 12.7. The Morgan fingerprint density at radius 2 is 1.93 bits per heavy atom. The van der Waals surface area contributed by atoms with Crippen LogP contribution in [0.1, 0.15) is 15.2 Å². The van der Waals surface area contributed by atoms with Crippen LogP contribution in [0.4, 0.5) is 0 Å². The average molecular weight is 433 g/mol. The van der Waals surface area contributed by atoms with Crippen LogP contribution in [-0.4, -0.2) is 55.1 Å². The first kappa shape index (κ1) is 19.8. The molecule has 0 radical (unpaired) electrons. The van der Waals surface area contributed by atoms with Crippen molar-refractivity contribution in [1.82, 2.24) is 19.8 Å². The summed E-state index contributed by atoms with van der Waals surface area (Å²) >= 11 is 1.16. The standard InChI is InChI=1S/C19H20N4O4S2/c24-19(16-13-21-22-18(16)14-4-2-1-3-5-14)20-12-15-6-7-17(28-15)29(25,26)23-8-10-27-11-9-23/h1-7,13H,8-12H2,(H,20,24)(H,21,22). The highest BCUT2D eigenvalue weighted by atomic mass is 32.2. The van der Waals surface area contributed by atoms with E-state index >= 15 is 0 Å². The summed E-state index contributed by atoms with van der Waals surface area (Å²) in [6.07, 6.45) is 1.49. The Morgan fingerprint density at radius 1 is 1.17 bits per heavy atom. The van der Waals surface area contributed by atoms with Gasteiger partial charge in [-0.05, 0) is 12.1 Å². The zero-order valence-electron chi connectivity index (χ0n) is 15.5. The Labute approximate surface area is 172 Å². The first-order valence-corrected chi connectivity index (χ1v) is 11.3. The summed E-state index contributed by atoms with van der Waals surface area (Å²) in [5.41, 5.74) is 1.95. The van der Waals surface area contributed by atoms with Crippen LogP contribution in [0.15, 0.2) is 52.9 Å². The summed E-state index contributed by atoms with van der Waals surface area (Å²) in [6.45, 7) is 1.76. The van der Waals surface area contributed by atoms with Gasteiger partial charge in [0.1, 0.15) is 4.21 Å². The van der Waals surface area contributed by atoms with Gasteiger partial charge < -0.3 is 10.1 Å². The molecule has 1 aromatic carbocycles. The van der Waals surface area contributed by atoms with E-state index in [2.05, 4.69) is 15.5 Å². The van der Waals surface area contributed by atoms with E-state index < -0.39 is 10.0 Å². The van der Waals surface area contributed by atoms with Gasteiger partial charge in [-0.3, -0.25) is 9.89 Å². The summed E-state index contributed by atoms with van der Waals surface area (Å²) in [7, 11) is -3.52. The SMILES string of the molecule is O=C(NCc1ccc(S(=O)(=O)N2CCOCC2)s1)c1cn[nH]c1-c1ccccc1. The highest BCUT2D eigenvalue weighted by Gasteiger charge is 2.27. The number of benzene rings is 1. The van der Waals surface area contributed by atoms with Crippen molar-refractivity contribution in [2.45, 2.75) is 10.8 Å². The number of carbonyl (C=O) groups is 1. The lowest BCUT2D eigenvalue weighted by atomic mass is 10.1. The fraction of sp³-hybridized carbons (Fsp3) is 0.263. The second kappa shape index (κ2) is 8.46. The van der Waals surface area contributed by atoms with Crippen molar-refractivity contribution in [3.8, 4) is 11.3 Å². The smallest absolute Gasteiger partial charge is 0.255 e. The number of ether oxygens (including phenoxy) is 1. The lowest BCUT2D eigenvalue weighted by Crippen LogP contribution is -2.40. The largest absolute Gasteiger partial charge is 0.379 e. The van der Waals surface area contributed by atoms with Crippen molar-refractivity contribution in [2.75, 3.05) is 26.3 Å². The molecule has 3 heterocycles. The van der Waals surface area contributed by atoms with Crippen LogP contribution in [0.25, 0.3) is 11.3 Å². The van der Waals surface area contributed by atoms with Crippen LogP contribution in [0.2, 0.25) is 0 Å². The molecule has 0 aliphatic carbocycles. The van der Waals surface area contributed by atoms with Crippen LogP contribution in [0, 0.1) is 0 Å². The minimum Gasteiger partial charge on any atom is -0.379 e. The van der Waals surface area contributed by atoms with Crippen molar-refractivity contribution >= 4 is 27.3 Å². The van der Waals surface area contributed by atoms with Gasteiger partial charge in [-0.25, -0.2) is 8.42 Å². The molecule has 0 unspecified atom stereocenters. The molecule has 1 amide bonds. The molecule has 1 aliphatic rings. The molecule has 3 aromatic rings. The second-order valence-electron chi connectivity index (χ2n) is 6.44. The minimum absolute atomic E-state index is 0.238. The molecule has 2 N–H and O–H groups in total. The van der Waals surface area contributed by atoms with Crippen molar-refractivity contribution in [1.29, 1.82) is 0 Å². The van der Waals surface area contributed by atoms with E-state index in [1.54, 1.807) is 12.1 Å². The van der Waals surface area contributed by atoms with Crippen LogP contribution in [0.3, 0.4) is 0 Å². The number of aromatic amines is 1. The Morgan fingerprint density at radius 3 is 2.69 bits per heavy atom. The van der Waals surface area contributed by atoms with E-state index in [1.165, 1.54) is 10.5 Å². The fourth-order valence-electron chi connectivity index (χ4n) is 3.05. The van der Waals surface area contributed by atoms with Gasteiger partial charge in [0.25, 0.3) is 15.9 Å². The summed E-state index contributed by atoms with van der Waals surface area (Å²) in [6, 6.07) is 12.8. The maximum Gasteiger partial charge on any atom is 0.255 e. The van der Waals surface area contributed by atoms with Gasteiger partial charge in [-0.2, -0.15) is 9.40 Å². The molecule has 0 atom stereocenters. The Bertz CT molecular complexity index is 1090. The number of carbonyl (C=O) groups excluding carboxylic acids is 1. The van der Waals surface area contributed by atoms with Crippen LogP contribution in [-0.2, 0) is 21.3 Å². The molecule has 29 heavy (non-hydrogen) atoms. The van der Waals surface area contributed by atoms with Gasteiger partial charge in [0, 0.05) is 23.5 Å². The number of aromatic nitrogens is 2. The number of hydrogen-bond donors (Lipinski definition) is 2. The first-order chi connectivity index (χ1) is 14.1. The highest BCUT2D eigenvalue weighted by molar-refractivity contribution is 7.91. The third kappa shape index (κ3) is 4.25. The molecule has 8 nitrogen and oxygen atoms in total. The van der Waals surface area contributed by atoms with Gasteiger partial charge >= 0.3 is 0 Å². The molecule has 0 saturated carbocycles. The van der Waals surface area contributed by atoms with Crippen molar-refractivity contribution in [3.05, 3.63) is 59.1 Å². The predicted octanol–water partition coefficient (Wildman–Crippen LogP) is 2.09. The zero-order valence-corrected chi connectivity index (χ0v) is 17.1. The quantitative estimate of drug-likeness (QED) is 0.621. The van der Waals surface area contributed by atoms with Gasteiger partial charge in [0.05, 0.1) is 37.2 Å². The number of nitrogens with one attached hydrogen (secondary N) is 2. The van der Waals surface area contributed by atoms with E-state index in [-0.39, 0.29) is 16.7 Å². The van der Waals surface area contributed by atoms with Crippen molar-refractivity contribution < 1.29 is 17.9 Å². The molecule has 1 fully saturated rings. The molecule has 10 heteroatoms. The monoisotopic (exact) mass is 432 g/mol.